The van der Waals surface area contributed by atoms with Crippen molar-refractivity contribution in [2.45, 2.75) is 0 Å². The zero-order valence-electron chi connectivity index (χ0n) is 6.75. The number of rotatable bonds is 2. The number of carbonyl (C=O) groups is 1. The molecule has 0 aliphatic carbocycles. The minimum Gasteiger partial charge on any atom is -0.340 e. The van der Waals surface area contributed by atoms with Crippen molar-refractivity contribution in [1.29, 1.82) is 0 Å². The Hall–Kier alpha value is -1.89. The summed E-state index contributed by atoms with van der Waals surface area (Å²) in [6, 6.07) is 2.46. The van der Waals surface area contributed by atoms with Crippen molar-refractivity contribution in [3.8, 4) is 12.3 Å². The Morgan fingerprint density at radius 3 is 3.00 bits per heavy atom. The van der Waals surface area contributed by atoms with Gasteiger partial charge in [0, 0.05) is 0 Å². The van der Waals surface area contributed by atoms with E-state index in [0.29, 0.717) is 0 Å². The monoisotopic (exact) mass is 178 g/mol. The van der Waals surface area contributed by atoms with Crippen molar-refractivity contribution in [2.24, 2.45) is 0 Å². The van der Waals surface area contributed by atoms with Crippen LogP contribution in [-0.4, -0.2) is 17.4 Å². The van der Waals surface area contributed by atoms with Crippen LogP contribution in [0.2, 0.25) is 0 Å². The average Bonchev–Trinajstić information content (AvgIpc) is 2.15. The van der Waals surface area contributed by atoms with Crippen LogP contribution < -0.4 is 5.32 Å². The Kier molecular flexibility index (Phi) is 2.98. The molecule has 0 aromatic carbocycles. The van der Waals surface area contributed by atoms with Crippen LogP contribution in [-0.2, 0) is 0 Å². The van der Waals surface area contributed by atoms with Gasteiger partial charge in [-0.3, -0.25) is 4.79 Å². The van der Waals surface area contributed by atoms with Crippen LogP contribution >= 0.6 is 0 Å². The van der Waals surface area contributed by atoms with Crippen LogP contribution in [0.4, 0.5) is 4.39 Å². The van der Waals surface area contributed by atoms with E-state index in [0.717, 1.165) is 12.3 Å². The molecular weight excluding hydrogens is 171 g/mol. The zero-order chi connectivity index (χ0) is 9.68. The number of amides is 1. The summed E-state index contributed by atoms with van der Waals surface area (Å²) >= 11 is 0. The Morgan fingerprint density at radius 2 is 2.46 bits per heavy atom. The lowest BCUT2D eigenvalue weighted by Gasteiger charge is -1.99. The molecule has 1 amide bonds. The van der Waals surface area contributed by atoms with E-state index in [2.05, 4.69) is 16.2 Å². The van der Waals surface area contributed by atoms with E-state index in [-0.39, 0.29) is 12.2 Å². The summed E-state index contributed by atoms with van der Waals surface area (Å²) < 4.78 is 12.4. The predicted molar refractivity (Wildman–Crippen MR) is 45.4 cm³/mol. The fourth-order valence-corrected chi connectivity index (χ4v) is 0.732. The standard InChI is InChI=1S/C9H7FN2O/c1-2-5-11-9(13)8-4-3-7(10)6-12-8/h1,3-4,6H,5H2,(H,11,13). The Morgan fingerprint density at radius 1 is 1.69 bits per heavy atom. The molecule has 0 aliphatic rings. The Labute approximate surface area is 75.0 Å². The van der Waals surface area contributed by atoms with Crippen LogP contribution in [0.25, 0.3) is 0 Å². The maximum Gasteiger partial charge on any atom is 0.270 e. The van der Waals surface area contributed by atoms with E-state index in [9.17, 15) is 9.18 Å². The number of aromatic nitrogens is 1. The molecule has 1 N–H and O–H groups in total. The third kappa shape index (κ3) is 2.56. The van der Waals surface area contributed by atoms with Gasteiger partial charge in [-0.2, -0.15) is 0 Å². The van der Waals surface area contributed by atoms with Gasteiger partial charge in [-0.25, -0.2) is 9.37 Å². The summed E-state index contributed by atoms with van der Waals surface area (Å²) in [6.07, 6.45) is 5.91. The molecule has 1 heterocycles. The van der Waals surface area contributed by atoms with E-state index in [1.807, 2.05) is 0 Å². The highest BCUT2D eigenvalue weighted by molar-refractivity contribution is 5.92. The van der Waals surface area contributed by atoms with E-state index >= 15 is 0 Å². The van der Waals surface area contributed by atoms with Gasteiger partial charge in [0.25, 0.3) is 5.91 Å². The van der Waals surface area contributed by atoms with Crippen LogP contribution in [0, 0.1) is 18.2 Å². The van der Waals surface area contributed by atoms with Gasteiger partial charge in [0.1, 0.15) is 11.5 Å². The first-order chi connectivity index (χ1) is 6.24. The lowest BCUT2D eigenvalue weighted by molar-refractivity contribution is 0.0953. The highest BCUT2D eigenvalue weighted by Gasteiger charge is 2.04. The topological polar surface area (TPSA) is 42.0 Å². The van der Waals surface area contributed by atoms with Crippen molar-refractivity contribution in [3.05, 3.63) is 29.8 Å². The summed E-state index contributed by atoms with van der Waals surface area (Å²) in [6.45, 7) is 0.137. The normalized spacial score (nSPS) is 8.92. The summed E-state index contributed by atoms with van der Waals surface area (Å²) in [5.41, 5.74) is 0.150. The van der Waals surface area contributed by atoms with Gasteiger partial charge in [-0.1, -0.05) is 5.92 Å². The maximum atomic E-state index is 12.4. The highest BCUT2D eigenvalue weighted by atomic mass is 19.1. The number of terminal acetylenes is 1. The molecule has 1 aromatic rings. The van der Waals surface area contributed by atoms with E-state index in [4.69, 9.17) is 6.42 Å². The number of nitrogens with zero attached hydrogens (tertiary/aromatic N) is 1. The Balaban J connectivity index is 2.68. The molecule has 0 saturated carbocycles. The molecule has 0 saturated heterocycles. The quantitative estimate of drug-likeness (QED) is 0.673. The molecule has 1 aromatic heterocycles. The van der Waals surface area contributed by atoms with Crippen LogP contribution in [0.3, 0.4) is 0 Å². The fraction of sp³-hybridized carbons (Fsp3) is 0.111. The first-order valence-corrected chi connectivity index (χ1v) is 3.57. The molecule has 4 heteroatoms. The Bertz CT molecular complexity index is 340. The number of pyridine rings is 1. The van der Waals surface area contributed by atoms with E-state index in [1.165, 1.54) is 6.07 Å². The van der Waals surface area contributed by atoms with Crippen LogP contribution in [0.15, 0.2) is 18.3 Å². The van der Waals surface area contributed by atoms with Gasteiger partial charge in [-0.05, 0) is 12.1 Å². The molecule has 1 rings (SSSR count). The van der Waals surface area contributed by atoms with Gasteiger partial charge >= 0.3 is 0 Å². The molecule has 0 unspecified atom stereocenters. The minimum absolute atomic E-state index is 0.137. The average molecular weight is 178 g/mol. The first-order valence-electron chi connectivity index (χ1n) is 3.57. The van der Waals surface area contributed by atoms with Crippen LogP contribution in [0.1, 0.15) is 10.5 Å². The zero-order valence-corrected chi connectivity index (χ0v) is 6.75. The third-order valence-corrected chi connectivity index (χ3v) is 1.31. The number of carbonyl (C=O) groups excluding carboxylic acids is 1. The summed E-state index contributed by atoms with van der Waals surface area (Å²) in [5.74, 6) is 1.36. The van der Waals surface area contributed by atoms with Crippen LogP contribution in [0.5, 0.6) is 0 Å². The molecule has 0 atom stereocenters. The number of nitrogens with one attached hydrogen (secondary N) is 1. The van der Waals surface area contributed by atoms with Gasteiger partial charge in [0.2, 0.25) is 0 Å². The second kappa shape index (κ2) is 4.21. The lowest BCUT2D eigenvalue weighted by atomic mass is 10.3. The second-order valence-electron chi connectivity index (χ2n) is 2.25. The van der Waals surface area contributed by atoms with Gasteiger partial charge in [0.05, 0.1) is 12.7 Å². The smallest absolute Gasteiger partial charge is 0.270 e. The molecule has 0 aliphatic heterocycles. The summed E-state index contributed by atoms with van der Waals surface area (Å²) in [4.78, 5) is 14.7. The minimum atomic E-state index is -0.478. The van der Waals surface area contributed by atoms with Gasteiger partial charge in [-0.15, -0.1) is 6.42 Å². The SMILES string of the molecule is C#CCNC(=O)c1ccc(F)cn1. The lowest BCUT2D eigenvalue weighted by Crippen LogP contribution is -2.24. The highest BCUT2D eigenvalue weighted by Crippen LogP contribution is 1.97. The summed E-state index contributed by atoms with van der Waals surface area (Å²) in [7, 11) is 0. The van der Waals surface area contributed by atoms with Crippen molar-refractivity contribution < 1.29 is 9.18 Å². The maximum absolute atomic E-state index is 12.4. The first kappa shape index (κ1) is 9.20. The van der Waals surface area contributed by atoms with E-state index < -0.39 is 11.7 Å². The van der Waals surface area contributed by atoms with Crippen molar-refractivity contribution >= 4 is 5.91 Å². The number of halogens is 1. The number of hydrogen-bond donors (Lipinski definition) is 1. The van der Waals surface area contributed by atoms with Crippen molar-refractivity contribution in [1.82, 2.24) is 10.3 Å². The fourth-order valence-electron chi connectivity index (χ4n) is 0.732. The molecule has 0 spiro atoms. The molecule has 0 radical (unpaired) electrons. The molecule has 0 fully saturated rings. The molecule has 66 valence electrons. The van der Waals surface area contributed by atoms with Crippen molar-refractivity contribution in [2.75, 3.05) is 6.54 Å². The number of hydrogen-bond acceptors (Lipinski definition) is 2. The second-order valence-corrected chi connectivity index (χ2v) is 2.25. The largest absolute Gasteiger partial charge is 0.340 e. The summed E-state index contributed by atoms with van der Waals surface area (Å²) in [5, 5.41) is 2.41. The molecule has 0 bridgehead atoms. The van der Waals surface area contributed by atoms with Gasteiger partial charge < -0.3 is 5.32 Å². The third-order valence-electron chi connectivity index (χ3n) is 1.31. The van der Waals surface area contributed by atoms with E-state index in [1.54, 1.807) is 0 Å². The predicted octanol–water partition coefficient (Wildman–Crippen LogP) is 0.584. The molecular formula is C9H7FN2O. The molecule has 3 nitrogen and oxygen atoms in total. The molecule has 13 heavy (non-hydrogen) atoms. The van der Waals surface area contributed by atoms with Crippen molar-refractivity contribution in [3.63, 3.8) is 0 Å². The van der Waals surface area contributed by atoms with Gasteiger partial charge in [0.15, 0.2) is 0 Å².